The number of nitrogens with one attached hydrogen (secondary N) is 1. The number of fused-ring (bicyclic) bond motifs is 1. The largest absolute Gasteiger partial charge is 0.309 e. The van der Waals surface area contributed by atoms with E-state index in [-0.39, 0.29) is 10.3 Å². The molecule has 2 rings (SSSR count). The second-order valence-corrected chi connectivity index (χ2v) is 9.63. The van der Waals surface area contributed by atoms with Gasteiger partial charge in [0.2, 0.25) is 10.0 Å². The van der Waals surface area contributed by atoms with Crippen LogP contribution in [0.1, 0.15) is 18.5 Å². The smallest absolute Gasteiger partial charge is 0.247 e. The fourth-order valence-electron chi connectivity index (χ4n) is 2.03. The van der Waals surface area contributed by atoms with Crippen LogP contribution in [0.4, 0.5) is 0 Å². The summed E-state index contributed by atoms with van der Waals surface area (Å²) in [5, 5.41) is 8.66. The van der Waals surface area contributed by atoms with E-state index in [0.717, 1.165) is 35.2 Å². The molecule has 0 radical (unpaired) electrons. The Hall–Kier alpha value is 0.230. The topological polar surface area (TPSA) is 75.4 Å². The molecule has 1 aromatic heterocycles. The zero-order valence-corrected chi connectivity index (χ0v) is 14.7. The lowest BCUT2D eigenvalue weighted by atomic mass is 10.1. The van der Waals surface area contributed by atoms with E-state index in [4.69, 9.17) is 5.14 Å². The molecule has 0 amide bonds. The zero-order valence-electron chi connectivity index (χ0n) is 11.5. The summed E-state index contributed by atoms with van der Waals surface area (Å²) in [5.41, 5.74) is 1.06. The Labute approximate surface area is 132 Å². The molecule has 9 heteroatoms. The van der Waals surface area contributed by atoms with E-state index < -0.39 is 10.0 Å². The molecule has 1 aliphatic rings. The van der Waals surface area contributed by atoms with Gasteiger partial charge in [0, 0.05) is 24.9 Å². The average molecular weight is 354 g/mol. The van der Waals surface area contributed by atoms with E-state index in [9.17, 15) is 8.42 Å². The van der Waals surface area contributed by atoms with Crippen LogP contribution in [0.25, 0.3) is 0 Å². The first kappa shape index (κ1) is 16.6. The van der Waals surface area contributed by atoms with Gasteiger partial charge in [0.25, 0.3) is 0 Å². The Morgan fingerprint density at radius 2 is 2.35 bits per heavy atom. The number of sulfonamides is 1. The third-order valence-electron chi connectivity index (χ3n) is 2.95. The minimum absolute atomic E-state index is 0.171. The van der Waals surface area contributed by atoms with Crippen LogP contribution >= 0.6 is 35.0 Å². The maximum absolute atomic E-state index is 11.5. The van der Waals surface area contributed by atoms with Crippen molar-refractivity contribution in [2.45, 2.75) is 21.4 Å². The lowest BCUT2D eigenvalue weighted by Crippen LogP contribution is -2.35. The van der Waals surface area contributed by atoms with Gasteiger partial charge >= 0.3 is 0 Å². The molecule has 1 unspecified atom stereocenters. The van der Waals surface area contributed by atoms with Crippen molar-refractivity contribution < 1.29 is 8.42 Å². The Balaban J connectivity index is 2.27. The van der Waals surface area contributed by atoms with Crippen molar-refractivity contribution in [3.63, 3.8) is 0 Å². The fraction of sp³-hybridized carbons (Fsp3) is 0.636. The highest BCUT2D eigenvalue weighted by atomic mass is 32.3. The molecule has 0 aliphatic carbocycles. The van der Waals surface area contributed by atoms with Crippen molar-refractivity contribution in [3.8, 4) is 0 Å². The first-order chi connectivity index (χ1) is 9.45. The van der Waals surface area contributed by atoms with Gasteiger partial charge in [-0.05, 0) is 36.4 Å². The van der Waals surface area contributed by atoms with E-state index in [2.05, 4.69) is 22.8 Å². The van der Waals surface area contributed by atoms with Crippen LogP contribution in [0.15, 0.2) is 14.5 Å². The average Bonchev–Trinajstić information content (AvgIpc) is 2.80. The van der Waals surface area contributed by atoms with E-state index in [1.165, 1.54) is 11.3 Å². The molecule has 0 fully saturated rings. The van der Waals surface area contributed by atoms with Crippen molar-refractivity contribution in [2.75, 3.05) is 31.6 Å². The maximum Gasteiger partial charge on any atom is 0.247 e. The molecule has 1 aromatic rings. The van der Waals surface area contributed by atoms with Crippen molar-refractivity contribution in [2.24, 2.45) is 5.14 Å². The summed E-state index contributed by atoms with van der Waals surface area (Å²) in [6, 6.07) is 1.89. The molecule has 1 aliphatic heterocycles. The first-order valence-electron chi connectivity index (χ1n) is 6.27. The number of likely N-dealkylation sites (N-methyl/N-ethyl adjacent to an activating group) is 1. The Morgan fingerprint density at radius 1 is 1.60 bits per heavy atom. The van der Waals surface area contributed by atoms with Crippen LogP contribution in [0, 0.1) is 0 Å². The zero-order chi connectivity index (χ0) is 14.8. The van der Waals surface area contributed by atoms with Crippen molar-refractivity contribution in [3.05, 3.63) is 11.6 Å². The van der Waals surface area contributed by atoms with Crippen LogP contribution in [-0.4, -0.2) is 44.4 Å². The van der Waals surface area contributed by atoms with Crippen molar-refractivity contribution >= 4 is 45.1 Å². The predicted octanol–water partition coefficient (Wildman–Crippen LogP) is 1.73. The summed E-state index contributed by atoms with van der Waals surface area (Å²) in [5.74, 6) is 1.06. The van der Waals surface area contributed by atoms with Gasteiger partial charge in [-0.2, -0.15) is 11.8 Å². The Kier molecular flexibility index (Phi) is 5.80. The standard InChI is InChI=1S/C11H19N3O2S4/c1-3-13-9-7-14(4-5-17-2)19-11-8(9)6-10(18-11)20(12,15)16/h6,9,13H,3-5,7H2,1-2H3,(H2,12,15,16). The third kappa shape index (κ3) is 3.90. The van der Waals surface area contributed by atoms with Crippen LogP contribution < -0.4 is 10.5 Å². The highest BCUT2D eigenvalue weighted by molar-refractivity contribution is 8.00. The third-order valence-corrected chi connectivity index (χ3v) is 7.37. The molecule has 114 valence electrons. The van der Waals surface area contributed by atoms with Crippen LogP contribution in [0.2, 0.25) is 0 Å². The first-order valence-corrected chi connectivity index (χ1v) is 10.8. The molecule has 2 heterocycles. The van der Waals surface area contributed by atoms with Gasteiger partial charge in [0.15, 0.2) is 0 Å². The van der Waals surface area contributed by atoms with E-state index in [1.54, 1.807) is 18.0 Å². The fourth-order valence-corrected chi connectivity index (χ4v) is 6.08. The summed E-state index contributed by atoms with van der Waals surface area (Å²) in [6.07, 6.45) is 2.09. The van der Waals surface area contributed by atoms with Gasteiger partial charge in [-0.25, -0.2) is 17.9 Å². The molecular formula is C11H19N3O2S4. The lowest BCUT2D eigenvalue weighted by Gasteiger charge is -2.31. The Morgan fingerprint density at radius 3 is 2.95 bits per heavy atom. The Bertz CT molecular complexity index is 558. The molecule has 0 aromatic carbocycles. The van der Waals surface area contributed by atoms with E-state index in [1.807, 2.05) is 11.8 Å². The van der Waals surface area contributed by atoms with Crippen molar-refractivity contribution in [1.82, 2.24) is 9.62 Å². The molecule has 3 N–H and O–H groups in total. The van der Waals surface area contributed by atoms with E-state index >= 15 is 0 Å². The van der Waals surface area contributed by atoms with Crippen LogP contribution in [-0.2, 0) is 10.0 Å². The molecule has 0 bridgehead atoms. The highest BCUT2D eigenvalue weighted by Crippen LogP contribution is 2.43. The van der Waals surface area contributed by atoms with Crippen LogP contribution in [0.3, 0.4) is 0 Å². The molecule has 0 saturated carbocycles. The number of thioether (sulfide) groups is 1. The monoisotopic (exact) mass is 353 g/mol. The number of nitrogens with two attached hydrogens (primary N) is 1. The molecule has 0 saturated heterocycles. The second kappa shape index (κ2) is 6.99. The quantitative estimate of drug-likeness (QED) is 0.759. The minimum Gasteiger partial charge on any atom is -0.309 e. The number of rotatable bonds is 6. The summed E-state index contributed by atoms with van der Waals surface area (Å²) < 4.78 is 26.6. The lowest BCUT2D eigenvalue weighted by molar-refractivity contribution is 0.395. The normalized spacial score (nSPS) is 20.1. The van der Waals surface area contributed by atoms with Gasteiger partial charge in [-0.1, -0.05) is 6.92 Å². The molecule has 20 heavy (non-hydrogen) atoms. The molecule has 0 spiro atoms. The van der Waals surface area contributed by atoms with Gasteiger partial charge in [0.05, 0.1) is 4.21 Å². The van der Waals surface area contributed by atoms with Gasteiger partial charge in [0.1, 0.15) is 4.21 Å². The number of nitrogens with zero attached hydrogens (tertiary/aromatic N) is 1. The second-order valence-electron chi connectivity index (χ2n) is 4.44. The molecular weight excluding hydrogens is 334 g/mol. The highest BCUT2D eigenvalue weighted by Gasteiger charge is 2.29. The number of hydrogen-bond acceptors (Lipinski definition) is 7. The maximum atomic E-state index is 11.5. The minimum atomic E-state index is -3.61. The van der Waals surface area contributed by atoms with Crippen molar-refractivity contribution in [1.29, 1.82) is 0 Å². The number of primary sulfonamides is 1. The SMILES string of the molecule is CCNC1CN(CCSC)Sc2sc(S(N)(=O)=O)cc21. The van der Waals surface area contributed by atoms with Gasteiger partial charge < -0.3 is 5.32 Å². The van der Waals surface area contributed by atoms with E-state index in [0.29, 0.717) is 0 Å². The van der Waals surface area contributed by atoms with Gasteiger partial charge in [-0.3, -0.25) is 0 Å². The van der Waals surface area contributed by atoms with Crippen LogP contribution in [0.5, 0.6) is 0 Å². The summed E-state index contributed by atoms with van der Waals surface area (Å²) >= 11 is 4.73. The van der Waals surface area contributed by atoms with Gasteiger partial charge in [-0.15, -0.1) is 11.3 Å². The number of thiophene rings is 1. The number of hydrogen-bond donors (Lipinski definition) is 2. The molecule has 5 nitrogen and oxygen atoms in total. The summed E-state index contributed by atoms with van der Waals surface area (Å²) in [7, 11) is -3.61. The molecule has 1 atom stereocenters. The summed E-state index contributed by atoms with van der Waals surface area (Å²) in [4.78, 5) is 0. The predicted molar refractivity (Wildman–Crippen MR) is 87.9 cm³/mol. The summed E-state index contributed by atoms with van der Waals surface area (Å²) in [6.45, 7) is 4.77.